The third-order valence-electron chi connectivity index (χ3n) is 2.70. The van der Waals surface area contributed by atoms with Gasteiger partial charge in [-0.3, -0.25) is 0 Å². The van der Waals surface area contributed by atoms with Crippen LogP contribution in [0.15, 0.2) is 29.2 Å². The maximum absolute atomic E-state index is 5.10. The monoisotopic (exact) mass is 239 g/mol. The van der Waals surface area contributed by atoms with Gasteiger partial charge in [-0.15, -0.1) is 11.8 Å². The second kappa shape index (κ2) is 7.71. The Hall–Kier alpha value is -0.510. The highest BCUT2D eigenvalue weighted by atomic mass is 32.2. The zero-order valence-corrected chi connectivity index (χ0v) is 11.1. The fourth-order valence-electron chi connectivity index (χ4n) is 1.84. The van der Waals surface area contributed by atoms with Gasteiger partial charge in [0.15, 0.2) is 0 Å². The number of hydrogen-bond acceptors (Lipinski definition) is 3. The minimum atomic E-state index is 0.429. The molecule has 1 rings (SSSR count). The van der Waals surface area contributed by atoms with Crippen LogP contribution in [-0.4, -0.2) is 27.0 Å². The Labute approximate surface area is 103 Å². The molecule has 0 amide bonds. The summed E-state index contributed by atoms with van der Waals surface area (Å²) in [5, 5.41) is 3.38. The molecule has 1 N–H and O–H groups in total. The van der Waals surface area contributed by atoms with Crippen molar-refractivity contribution in [3.8, 4) is 0 Å². The summed E-state index contributed by atoms with van der Waals surface area (Å²) in [6.07, 6.45) is 4.33. The van der Waals surface area contributed by atoms with Gasteiger partial charge in [0.2, 0.25) is 0 Å². The Morgan fingerprint density at radius 2 is 2.12 bits per heavy atom. The molecule has 1 unspecified atom stereocenters. The van der Waals surface area contributed by atoms with Gasteiger partial charge in [0.25, 0.3) is 0 Å². The molecule has 0 spiro atoms. The number of ether oxygens (including phenoxy) is 1. The van der Waals surface area contributed by atoms with Crippen molar-refractivity contribution in [3.63, 3.8) is 0 Å². The summed E-state index contributed by atoms with van der Waals surface area (Å²) in [7, 11) is 3.78. The van der Waals surface area contributed by atoms with Crippen molar-refractivity contribution in [2.24, 2.45) is 0 Å². The van der Waals surface area contributed by atoms with E-state index in [0.29, 0.717) is 6.04 Å². The molecular formula is C13H21NOS. The molecule has 90 valence electrons. The third kappa shape index (κ3) is 3.81. The molecule has 1 aromatic rings. The molecule has 0 saturated heterocycles. The molecule has 0 radical (unpaired) electrons. The Kier molecular flexibility index (Phi) is 6.53. The summed E-state index contributed by atoms with van der Waals surface area (Å²) < 4.78 is 5.10. The number of methoxy groups -OCH3 is 1. The highest BCUT2D eigenvalue weighted by molar-refractivity contribution is 7.98. The first-order valence-electron chi connectivity index (χ1n) is 5.62. The average Bonchev–Trinajstić information content (AvgIpc) is 2.35. The van der Waals surface area contributed by atoms with Crippen LogP contribution in [0.5, 0.6) is 0 Å². The van der Waals surface area contributed by atoms with Gasteiger partial charge in [0.05, 0.1) is 0 Å². The van der Waals surface area contributed by atoms with Crippen molar-refractivity contribution in [3.05, 3.63) is 29.8 Å². The summed E-state index contributed by atoms with van der Waals surface area (Å²) in [6, 6.07) is 9.02. The topological polar surface area (TPSA) is 21.3 Å². The van der Waals surface area contributed by atoms with Gasteiger partial charge in [-0.05, 0) is 37.8 Å². The van der Waals surface area contributed by atoms with Crippen LogP contribution >= 0.6 is 11.8 Å². The molecular weight excluding hydrogens is 218 g/mol. The number of thioether (sulfide) groups is 1. The first-order chi connectivity index (χ1) is 7.83. The maximum Gasteiger partial charge on any atom is 0.0462 e. The van der Waals surface area contributed by atoms with Crippen molar-refractivity contribution < 1.29 is 4.74 Å². The van der Waals surface area contributed by atoms with Gasteiger partial charge < -0.3 is 10.1 Å². The van der Waals surface area contributed by atoms with Crippen LogP contribution < -0.4 is 5.32 Å². The van der Waals surface area contributed by atoms with E-state index in [1.807, 2.05) is 18.8 Å². The molecule has 0 aliphatic rings. The molecule has 0 heterocycles. The molecule has 0 bridgehead atoms. The molecule has 3 heteroatoms. The Balaban J connectivity index is 2.69. The van der Waals surface area contributed by atoms with Crippen LogP contribution in [0.4, 0.5) is 0 Å². The predicted octanol–water partition coefficient (Wildman–Crippen LogP) is 3.10. The molecule has 16 heavy (non-hydrogen) atoms. The largest absolute Gasteiger partial charge is 0.385 e. The van der Waals surface area contributed by atoms with E-state index in [2.05, 4.69) is 35.8 Å². The maximum atomic E-state index is 5.10. The van der Waals surface area contributed by atoms with E-state index in [4.69, 9.17) is 4.74 Å². The van der Waals surface area contributed by atoms with E-state index in [9.17, 15) is 0 Å². The third-order valence-corrected chi connectivity index (χ3v) is 3.52. The van der Waals surface area contributed by atoms with Crippen LogP contribution in [-0.2, 0) is 4.74 Å². The fourth-order valence-corrected chi connectivity index (χ4v) is 2.50. The van der Waals surface area contributed by atoms with E-state index >= 15 is 0 Å². The molecule has 0 aromatic heterocycles. The average molecular weight is 239 g/mol. The predicted molar refractivity (Wildman–Crippen MR) is 71.1 cm³/mol. The second-order valence-electron chi connectivity index (χ2n) is 3.72. The van der Waals surface area contributed by atoms with Gasteiger partial charge >= 0.3 is 0 Å². The van der Waals surface area contributed by atoms with Gasteiger partial charge in [0, 0.05) is 24.7 Å². The summed E-state index contributed by atoms with van der Waals surface area (Å²) in [5.74, 6) is 0. The SMILES string of the molecule is CNC(CCCOC)c1ccccc1SC. The first-order valence-corrected chi connectivity index (χ1v) is 6.85. The molecule has 0 fully saturated rings. The van der Waals surface area contributed by atoms with E-state index in [1.165, 1.54) is 10.5 Å². The van der Waals surface area contributed by atoms with Crippen LogP contribution in [0.3, 0.4) is 0 Å². The molecule has 2 nitrogen and oxygen atoms in total. The van der Waals surface area contributed by atoms with E-state index in [1.54, 1.807) is 7.11 Å². The molecule has 1 atom stereocenters. The standard InChI is InChI=1S/C13H21NOS/c1-14-12(8-6-10-15-2)11-7-4-5-9-13(11)16-3/h4-5,7,9,12,14H,6,8,10H2,1-3H3. The zero-order valence-electron chi connectivity index (χ0n) is 10.3. The number of nitrogens with one attached hydrogen (secondary N) is 1. The van der Waals surface area contributed by atoms with Crippen molar-refractivity contribution in [1.29, 1.82) is 0 Å². The minimum absolute atomic E-state index is 0.429. The van der Waals surface area contributed by atoms with E-state index in [-0.39, 0.29) is 0 Å². The lowest BCUT2D eigenvalue weighted by Crippen LogP contribution is -2.17. The summed E-state index contributed by atoms with van der Waals surface area (Å²) in [6.45, 7) is 0.833. The zero-order chi connectivity index (χ0) is 11.8. The van der Waals surface area contributed by atoms with Gasteiger partial charge in [-0.1, -0.05) is 18.2 Å². The van der Waals surface area contributed by atoms with Crippen LogP contribution in [0.1, 0.15) is 24.4 Å². The number of rotatable bonds is 7. The Bertz CT molecular complexity index is 304. The van der Waals surface area contributed by atoms with Gasteiger partial charge in [0.1, 0.15) is 0 Å². The summed E-state index contributed by atoms with van der Waals surface area (Å²) >= 11 is 1.81. The molecule has 0 aliphatic heterocycles. The van der Waals surface area contributed by atoms with Crippen LogP contribution in [0, 0.1) is 0 Å². The highest BCUT2D eigenvalue weighted by Crippen LogP contribution is 2.28. The normalized spacial score (nSPS) is 12.7. The fraction of sp³-hybridized carbons (Fsp3) is 0.538. The van der Waals surface area contributed by atoms with Crippen molar-refractivity contribution >= 4 is 11.8 Å². The first kappa shape index (κ1) is 13.6. The lowest BCUT2D eigenvalue weighted by Gasteiger charge is -2.19. The van der Waals surface area contributed by atoms with Gasteiger partial charge in [-0.25, -0.2) is 0 Å². The molecule has 1 aromatic carbocycles. The number of benzene rings is 1. The molecule has 0 aliphatic carbocycles. The minimum Gasteiger partial charge on any atom is -0.385 e. The van der Waals surface area contributed by atoms with Crippen molar-refractivity contribution in [2.45, 2.75) is 23.8 Å². The quantitative estimate of drug-likeness (QED) is 0.583. The lowest BCUT2D eigenvalue weighted by atomic mass is 10.0. The molecule has 0 saturated carbocycles. The lowest BCUT2D eigenvalue weighted by molar-refractivity contribution is 0.189. The number of hydrogen-bond donors (Lipinski definition) is 1. The van der Waals surface area contributed by atoms with Crippen molar-refractivity contribution in [2.75, 3.05) is 27.0 Å². The van der Waals surface area contributed by atoms with Crippen molar-refractivity contribution in [1.82, 2.24) is 5.32 Å². The van der Waals surface area contributed by atoms with E-state index < -0.39 is 0 Å². The second-order valence-corrected chi connectivity index (χ2v) is 4.57. The van der Waals surface area contributed by atoms with Gasteiger partial charge in [-0.2, -0.15) is 0 Å². The summed E-state index contributed by atoms with van der Waals surface area (Å²) in [4.78, 5) is 1.36. The Morgan fingerprint density at radius 1 is 1.38 bits per heavy atom. The Morgan fingerprint density at radius 3 is 2.75 bits per heavy atom. The highest BCUT2D eigenvalue weighted by Gasteiger charge is 2.12. The van der Waals surface area contributed by atoms with Crippen LogP contribution in [0.25, 0.3) is 0 Å². The van der Waals surface area contributed by atoms with E-state index in [0.717, 1.165) is 19.4 Å². The smallest absolute Gasteiger partial charge is 0.0462 e. The summed E-state index contributed by atoms with van der Waals surface area (Å²) in [5.41, 5.74) is 1.40. The van der Waals surface area contributed by atoms with Crippen LogP contribution in [0.2, 0.25) is 0 Å².